The van der Waals surface area contributed by atoms with Crippen LogP contribution in [0.4, 0.5) is 17.1 Å². The number of benzene rings is 2. The molecular formula is C41H53N7O7. The van der Waals surface area contributed by atoms with Crippen molar-refractivity contribution in [3.8, 4) is 22.6 Å². The number of esters is 1. The molecule has 14 nitrogen and oxygen atoms in total. The van der Waals surface area contributed by atoms with Crippen LogP contribution >= 0.6 is 0 Å². The third-order valence-electron chi connectivity index (χ3n) is 9.04. The van der Waals surface area contributed by atoms with E-state index in [0.717, 1.165) is 47.6 Å². The van der Waals surface area contributed by atoms with Crippen molar-refractivity contribution in [1.29, 1.82) is 0 Å². The molecule has 3 N–H and O–H groups in total. The maximum absolute atomic E-state index is 12.9. The molecule has 294 valence electrons. The Hall–Kier alpha value is -5.89. The first-order chi connectivity index (χ1) is 26.6. The van der Waals surface area contributed by atoms with Crippen LogP contribution in [0.1, 0.15) is 66.1 Å². The number of ether oxygens (including phenoxy) is 3. The van der Waals surface area contributed by atoms with Gasteiger partial charge in [0.05, 0.1) is 36.7 Å². The number of aromatic nitrogens is 2. The van der Waals surface area contributed by atoms with E-state index in [4.69, 9.17) is 14.2 Å². The Balaban J connectivity index is 0.000000247. The number of rotatable bonds is 14. The lowest BCUT2D eigenvalue weighted by atomic mass is 10.1. The van der Waals surface area contributed by atoms with Crippen LogP contribution in [-0.4, -0.2) is 90.9 Å². The maximum Gasteiger partial charge on any atom is 0.355 e. The van der Waals surface area contributed by atoms with Gasteiger partial charge in [-0.25, -0.2) is 4.79 Å². The van der Waals surface area contributed by atoms with Gasteiger partial charge < -0.3 is 44.2 Å². The topological polar surface area (TPSA) is 158 Å². The van der Waals surface area contributed by atoms with E-state index in [0.29, 0.717) is 67.5 Å². The van der Waals surface area contributed by atoms with Crippen molar-refractivity contribution in [3.05, 3.63) is 77.9 Å². The summed E-state index contributed by atoms with van der Waals surface area (Å²) in [7, 11) is 7.10. The smallest absolute Gasteiger partial charge is 0.355 e. The van der Waals surface area contributed by atoms with Crippen LogP contribution in [0.25, 0.3) is 11.1 Å². The monoisotopic (exact) mass is 755 g/mol. The van der Waals surface area contributed by atoms with Crippen LogP contribution in [0.15, 0.2) is 65.9 Å². The molecule has 1 saturated heterocycles. The molecule has 6 rings (SSSR count). The average molecular weight is 756 g/mol. The summed E-state index contributed by atoms with van der Waals surface area (Å²) in [4.78, 5) is 53.9. The van der Waals surface area contributed by atoms with Crippen molar-refractivity contribution in [2.24, 2.45) is 19.1 Å². The van der Waals surface area contributed by atoms with Crippen molar-refractivity contribution in [2.75, 3.05) is 51.1 Å². The van der Waals surface area contributed by atoms with Gasteiger partial charge in [0.15, 0.2) is 11.5 Å². The van der Waals surface area contributed by atoms with Gasteiger partial charge in [-0.1, -0.05) is 26.0 Å². The molecule has 2 aliphatic rings. The van der Waals surface area contributed by atoms with Gasteiger partial charge in [-0.3, -0.25) is 19.4 Å². The molecule has 55 heavy (non-hydrogen) atoms. The molecule has 0 saturated carbocycles. The van der Waals surface area contributed by atoms with E-state index in [9.17, 15) is 19.2 Å². The minimum atomic E-state index is -0.344. The summed E-state index contributed by atoms with van der Waals surface area (Å²) >= 11 is 0. The molecule has 1 unspecified atom stereocenters. The standard InChI is InChI=1S/C23H28N4O4.C16H19N3O3.C2H6/c1-15-10-16(14-26(15)2)25-22(28)7-5-9-31-21-12-19-18(11-20(21)30-3)23(29)27-8-4-6-17(27)13-24-19;1-17-7-8-22-16(21)15-9-13(10-19(15)2)12-3-5-14(6-4-12)18-11-20;1-2/h10-14,17H,4-9H2,1-3H3,(H,25,28);3-6,9-11,17H,7-8H2,1-2H3,(H,18,20);1-2H3. The molecule has 2 aromatic heterocycles. The number of likely N-dealkylation sites (N-methyl/N-ethyl adjacent to an activating group) is 1. The van der Waals surface area contributed by atoms with Gasteiger partial charge in [0.1, 0.15) is 12.3 Å². The Bertz CT molecular complexity index is 1930. The van der Waals surface area contributed by atoms with E-state index in [2.05, 4.69) is 20.9 Å². The molecule has 2 aliphatic heterocycles. The molecule has 3 amide bonds. The highest BCUT2D eigenvalue weighted by Gasteiger charge is 2.32. The molecular weight excluding hydrogens is 702 g/mol. The van der Waals surface area contributed by atoms with Crippen molar-refractivity contribution in [3.63, 3.8) is 0 Å². The molecule has 0 bridgehead atoms. The van der Waals surface area contributed by atoms with Crippen LogP contribution in [-0.2, 0) is 28.4 Å². The lowest BCUT2D eigenvalue weighted by Gasteiger charge is -2.20. The molecule has 1 atom stereocenters. The SMILES string of the molecule is CC.CNCCOC(=O)c1cc(-c2ccc(NC=O)cc2)cn1C.COc1cc2c(cc1OCCCC(=O)Nc1cc(C)n(C)c1)N=CC1CCCN1C2=O. The van der Waals surface area contributed by atoms with Gasteiger partial charge in [-0.2, -0.15) is 0 Å². The molecule has 2 aromatic carbocycles. The third-order valence-corrected chi connectivity index (χ3v) is 9.04. The molecule has 0 radical (unpaired) electrons. The zero-order valence-corrected chi connectivity index (χ0v) is 32.8. The zero-order chi connectivity index (χ0) is 39.9. The number of methoxy groups -OCH3 is 1. The number of nitrogens with one attached hydrogen (secondary N) is 3. The van der Waals surface area contributed by atoms with E-state index in [1.807, 2.05) is 86.2 Å². The number of aliphatic imine (C=N–C) groups is 1. The lowest BCUT2D eigenvalue weighted by Crippen LogP contribution is -2.35. The molecule has 0 spiro atoms. The molecule has 0 aliphatic carbocycles. The van der Waals surface area contributed by atoms with E-state index < -0.39 is 0 Å². The van der Waals surface area contributed by atoms with Crippen molar-refractivity contribution >= 4 is 47.5 Å². The van der Waals surface area contributed by atoms with E-state index in [-0.39, 0.29) is 23.8 Å². The van der Waals surface area contributed by atoms with Gasteiger partial charge >= 0.3 is 5.97 Å². The van der Waals surface area contributed by atoms with Crippen LogP contribution in [0, 0.1) is 6.92 Å². The summed E-state index contributed by atoms with van der Waals surface area (Å²) in [5.74, 6) is 0.589. The Morgan fingerprint density at radius 1 is 0.964 bits per heavy atom. The predicted molar refractivity (Wildman–Crippen MR) is 215 cm³/mol. The van der Waals surface area contributed by atoms with Crippen molar-refractivity contribution in [1.82, 2.24) is 19.4 Å². The second-order valence-electron chi connectivity index (χ2n) is 12.8. The summed E-state index contributed by atoms with van der Waals surface area (Å²) in [6.07, 6.45) is 9.07. The summed E-state index contributed by atoms with van der Waals surface area (Å²) < 4.78 is 20.2. The summed E-state index contributed by atoms with van der Waals surface area (Å²) in [5, 5.41) is 8.40. The first-order valence-electron chi connectivity index (χ1n) is 18.5. The Labute approximate surface area is 322 Å². The van der Waals surface area contributed by atoms with Crippen LogP contribution in [0.2, 0.25) is 0 Å². The minimum absolute atomic E-state index is 0.0207. The predicted octanol–water partition coefficient (Wildman–Crippen LogP) is 6.12. The maximum atomic E-state index is 12.9. The van der Waals surface area contributed by atoms with E-state index in [1.165, 1.54) is 0 Å². The summed E-state index contributed by atoms with van der Waals surface area (Å²) in [6, 6.07) is 14.6. The van der Waals surface area contributed by atoms with Crippen molar-refractivity contribution < 1.29 is 33.4 Å². The number of carbonyl (C=O) groups is 4. The second-order valence-corrected chi connectivity index (χ2v) is 12.8. The first kappa shape index (κ1) is 41.9. The van der Waals surface area contributed by atoms with Gasteiger partial charge in [0.25, 0.3) is 5.91 Å². The lowest BCUT2D eigenvalue weighted by molar-refractivity contribution is -0.116. The van der Waals surface area contributed by atoms with Crippen LogP contribution < -0.4 is 25.4 Å². The Morgan fingerprint density at radius 3 is 2.40 bits per heavy atom. The Kier molecular flexibility index (Phi) is 15.6. The first-order valence-corrected chi connectivity index (χ1v) is 18.5. The fourth-order valence-corrected chi connectivity index (χ4v) is 6.07. The van der Waals surface area contributed by atoms with Crippen molar-refractivity contribution in [2.45, 2.75) is 52.5 Å². The van der Waals surface area contributed by atoms with E-state index >= 15 is 0 Å². The number of anilines is 2. The van der Waals surface area contributed by atoms with Crippen LogP contribution in [0.5, 0.6) is 11.5 Å². The van der Waals surface area contributed by atoms with Gasteiger partial charge in [-0.05, 0) is 69.1 Å². The fraction of sp³-hybridized carbons (Fsp3) is 0.390. The number of hydrogen-bond acceptors (Lipinski definition) is 9. The average Bonchev–Trinajstić information content (AvgIpc) is 3.89. The number of aryl methyl sites for hydroxylation is 3. The zero-order valence-electron chi connectivity index (χ0n) is 32.8. The largest absolute Gasteiger partial charge is 0.493 e. The highest BCUT2D eigenvalue weighted by Crippen LogP contribution is 2.38. The number of hydrogen-bond donors (Lipinski definition) is 3. The van der Waals surface area contributed by atoms with E-state index in [1.54, 1.807) is 44.0 Å². The highest BCUT2D eigenvalue weighted by atomic mass is 16.5. The minimum Gasteiger partial charge on any atom is -0.493 e. The summed E-state index contributed by atoms with van der Waals surface area (Å²) in [5.41, 5.74) is 6.09. The number of amides is 3. The molecule has 14 heteroatoms. The second kappa shape index (κ2) is 20.5. The Morgan fingerprint density at radius 2 is 1.73 bits per heavy atom. The highest BCUT2D eigenvalue weighted by molar-refractivity contribution is 6.03. The number of nitrogens with zero attached hydrogens (tertiary/aromatic N) is 4. The molecule has 4 aromatic rings. The van der Waals surface area contributed by atoms with Crippen LogP contribution in [0.3, 0.4) is 0 Å². The summed E-state index contributed by atoms with van der Waals surface area (Å²) in [6.45, 7) is 8.04. The van der Waals surface area contributed by atoms with Gasteiger partial charge in [0.2, 0.25) is 12.3 Å². The molecule has 4 heterocycles. The number of fused-ring (bicyclic) bond motifs is 2. The van der Waals surface area contributed by atoms with Gasteiger partial charge in [0, 0.05) is 75.2 Å². The normalized spacial score (nSPS) is 13.9. The third kappa shape index (κ3) is 11.1. The quantitative estimate of drug-likeness (QED) is 0.0789. The fourth-order valence-electron chi connectivity index (χ4n) is 6.07. The number of carbonyl (C=O) groups excluding carboxylic acids is 4. The molecule has 1 fully saturated rings. The van der Waals surface area contributed by atoms with Gasteiger partial charge in [-0.15, -0.1) is 0 Å².